The number of nitrogens with two attached hydrogens (primary N) is 1. The topological polar surface area (TPSA) is 39.2 Å². The molecule has 0 saturated heterocycles. The van der Waals surface area contributed by atoms with E-state index in [1.165, 1.54) is 0 Å². The van der Waals surface area contributed by atoms with Gasteiger partial charge in [0.05, 0.1) is 6.04 Å². The zero-order valence-corrected chi connectivity index (χ0v) is 13.2. The smallest absolute Gasteiger partial charge is 0.134 e. The van der Waals surface area contributed by atoms with Crippen LogP contribution in [0.15, 0.2) is 51.4 Å². The molecule has 3 aromatic rings. The van der Waals surface area contributed by atoms with Crippen molar-refractivity contribution < 1.29 is 4.42 Å². The molecular weight excluding hydrogens is 338 g/mol. The molecule has 1 heterocycles. The number of hydrogen-bond acceptors (Lipinski definition) is 2. The second-order valence-corrected chi connectivity index (χ2v) is 6.16. The number of benzene rings is 2. The lowest BCUT2D eigenvalue weighted by Gasteiger charge is -2.12. The predicted octanol–water partition coefficient (Wildman–Crippen LogP) is 5.21. The summed E-state index contributed by atoms with van der Waals surface area (Å²) >= 11 is 9.47. The number of aryl methyl sites for hydroxylation is 1. The molecule has 2 nitrogen and oxygen atoms in total. The van der Waals surface area contributed by atoms with E-state index in [0.29, 0.717) is 5.02 Å². The number of furan rings is 1. The first-order valence-electron chi connectivity index (χ1n) is 6.25. The normalized spacial score (nSPS) is 12.8. The van der Waals surface area contributed by atoms with Crippen LogP contribution in [0.3, 0.4) is 0 Å². The summed E-state index contributed by atoms with van der Waals surface area (Å²) in [5.41, 5.74) is 9.32. The molecule has 0 aliphatic carbocycles. The molecule has 0 fully saturated rings. The molecule has 0 aliphatic rings. The van der Waals surface area contributed by atoms with Crippen LogP contribution in [0.4, 0.5) is 0 Å². The Labute approximate surface area is 130 Å². The van der Waals surface area contributed by atoms with E-state index in [0.717, 1.165) is 32.3 Å². The van der Waals surface area contributed by atoms with Crippen LogP contribution in [-0.2, 0) is 0 Å². The molecule has 1 unspecified atom stereocenters. The maximum absolute atomic E-state index is 6.34. The number of hydrogen-bond donors (Lipinski definition) is 1. The average molecular weight is 351 g/mol. The van der Waals surface area contributed by atoms with Crippen molar-refractivity contribution in [2.24, 2.45) is 5.73 Å². The summed E-state index contributed by atoms with van der Waals surface area (Å²) in [6.07, 6.45) is 0. The number of halogens is 2. The van der Waals surface area contributed by atoms with Crippen molar-refractivity contribution in [2.75, 3.05) is 0 Å². The molecule has 1 aromatic heterocycles. The van der Waals surface area contributed by atoms with E-state index >= 15 is 0 Å². The quantitative estimate of drug-likeness (QED) is 0.689. The summed E-state index contributed by atoms with van der Waals surface area (Å²) in [6, 6.07) is 13.3. The summed E-state index contributed by atoms with van der Waals surface area (Å²) in [6.45, 7) is 2.04. The standard InChI is InChI=1S/C16H13BrClNO/c1-9-2-3-11(17)8-13(9)16(19)15-7-10-6-12(18)4-5-14(10)20-15/h2-8,16H,19H2,1H3. The average Bonchev–Trinajstić information content (AvgIpc) is 2.83. The molecule has 102 valence electrons. The molecule has 1 atom stereocenters. The third-order valence-corrected chi connectivity index (χ3v) is 4.11. The fraction of sp³-hybridized carbons (Fsp3) is 0.125. The van der Waals surface area contributed by atoms with Gasteiger partial charge in [0.1, 0.15) is 11.3 Å². The molecule has 2 N–H and O–H groups in total. The van der Waals surface area contributed by atoms with Gasteiger partial charge >= 0.3 is 0 Å². The summed E-state index contributed by atoms with van der Waals surface area (Å²) in [5, 5.41) is 1.66. The van der Waals surface area contributed by atoms with E-state index in [9.17, 15) is 0 Å². The maximum Gasteiger partial charge on any atom is 0.134 e. The molecule has 2 aromatic carbocycles. The van der Waals surface area contributed by atoms with Crippen molar-refractivity contribution in [3.8, 4) is 0 Å². The van der Waals surface area contributed by atoms with E-state index in [4.69, 9.17) is 21.8 Å². The van der Waals surface area contributed by atoms with E-state index in [1.54, 1.807) is 0 Å². The van der Waals surface area contributed by atoms with E-state index in [2.05, 4.69) is 15.9 Å². The van der Waals surface area contributed by atoms with Crippen molar-refractivity contribution in [3.05, 3.63) is 68.8 Å². The van der Waals surface area contributed by atoms with Gasteiger partial charge in [0.25, 0.3) is 0 Å². The van der Waals surface area contributed by atoms with Crippen LogP contribution in [0.1, 0.15) is 22.9 Å². The molecule has 20 heavy (non-hydrogen) atoms. The van der Waals surface area contributed by atoms with Gasteiger partial charge in [-0.2, -0.15) is 0 Å². The highest BCUT2D eigenvalue weighted by Crippen LogP contribution is 2.30. The highest BCUT2D eigenvalue weighted by atomic mass is 79.9. The maximum atomic E-state index is 6.34. The Balaban J connectivity index is 2.07. The molecule has 0 saturated carbocycles. The molecule has 4 heteroatoms. The number of fused-ring (bicyclic) bond motifs is 1. The Hall–Kier alpha value is -1.29. The van der Waals surface area contributed by atoms with Crippen LogP contribution < -0.4 is 5.73 Å². The van der Waals surface area contributed by atoms with Crippen molar-refractivity contribution in [2.45, 2.75) is 13.0 Å². The summed E-state index contributed by atoms with van der Waals surface area (Å²) in [4.78, 5) is 0. The third-order valence-electron chi connectivity index (χ3n) is 3.38. The van der Waals surface area contributed by atoms with Gasteiger partial charge in [0.15, 0.2) is 0 Å². The first kappa shape index (κ1) is 13.7. The highest BCUT2D eigenvalue weighted by Gasteiger charge is 2.16. The minimum atomic E-state index is -0.293. The molecule has 0 aliphatic heterocycles. The Kier molecular flexibility index (Phi) is 3.59. The van der Waals surface area contributed by atoms with Crippen LogP contribution in [0.5, 0.6) is 0 Å². The van der Waals surface area contributed by atoms with Crippen LogP contribution in [0.25, 0.3) is 11.0 Å². The summed E-state index contributed by atoms with van der Waals surface area (Å²) in [5.74, 6) is 0.739. The minimum Gasteiger partial charge on any atom is -0.459 e. The second kappa shape index (κ2) is 5.24. The van der Waals surface area contributed by atoms with Crippen LogP contribution in [0.2, 0.25) is 5.02 Å². The first-order chi connectivity index (χ1) is 9.54. The van der Waals surface area contributed by atoms with Gasteiger partial charge in [-0.15, -0.1) is 0 Å². The predicted molar refractivity (Wildman–Crippen MR) is 86.1 cm³/mol. The van der Waals surface area contributed by atoms with Gasteiger partial charge in [0, 0.05) is 14.9 Å². The van der Waals surface area contributed by atoms with E-state index < -0.39 is 0 Å². The Bertz CT molecular complexity index is 781. The van der Waals surface area contributed by atoms with Crippen molar-refractivity contribution >= 4 is 38.5 Å². The fourth-order valence-electron chi connectivity index (χ4n) is 2.29. The van der Waals surface area contributed by atoms with Crippen molar-refractivity contribution in [1.29, 1.82) is 0 Å². The van der Waals surface area contributed by atoms with Gasteiger partial charge in [-0.25, -0.2) is 0 Å². The first-order valence-corrected chi connectivity index (χ1v) is 7.42. The largest absolute Gasteiger partial charge is 0.459 e. The van der Waals surface area contributed by atoms with Gasteiger partial charge in [-0.3, -0.25) is 0 Å². The Morgan fingerprint density at radius 3 is 2.75 bits per heavy atom. The molecule has 0 spiro atoms. The van der Waals surface area contributed by atoms with Gasteiger partial charge in [-0.1, -0.05) is 33.6 Å². The van der Waals surface area contributed by atoms with Gasteiger partial charge in [0.2, 0.25) is 0 Å². The van der Waals surface area contributed by atoms with Crippen molar-refractivity contribution in [1.82, 2.24) is 0 Å². The highest BCUT2D eigenvalue weighted by molar-refractivity contribution is 9.10. The fourth-order valence-corrected chi connectivity index (χ4v) is 2.85. The Morgan fingerprint density at radius 2 is 1.95 bits per heavy atom. The second-order valence-electron chi connectivity index (χ2n) is 4.81. The van der Waals surface area contributed by atoms with Gasteiger partial charge < -0.3 is 10.2 Å². The summed E-state index contributed by atoms with van der Waals surface area (Å²) in [7, 11) is 0. The SMILES string of the molecule is Cc1ccc(Br)cc1C(N)c1cc2cc(Cl)ccc2o1. The third kappa shape index (κ3) is 2.49. The number of rotatable bonds is 2. The lowest BCUT2D eigenvalue weighted by atomic mass is 10.00. The molecule has 0 amide bonds. The summed E-state index contributed by atoms with van der Waals surface area (Å²) < 4.78 is 6.84. The molecule has 0 radical (unpaired) electrons. The minimum absolute atomic E-state index is 0.293. The van der Waals surface area contributed by atoms with E-state index in [1.807, 2.05) is 49.4 Å². The zero-order valence-electron chi connectivity index (χ0n) is 10.9. The molecular formula is C16H13BrClNO. The van der Waals surface area contributed by atoms with E-state index in [-0.39, 0.29) is 6.04 Å². The lowest BCUT2D eigenvalue weighted by molar-refractivity contribution is 0.524. The zero-order chi connectivity index (χ0) is 14.3. The van der Waals surface area contributed by atoms with Crippen molar-refractivity contribution in [3.63, 3.8) is 0 Å². The van der Waals surface area contributed by atoms with Gasteiger partial charge in [-0.05, 0) is 54.4 Å². The monoisotopic (exact) mass is 349 g/mol. The molecule has 0 bridgehead atoms. The lowest BCUT2D eigenvalue weighted by Crippen LogP contribution is -2.12. The van der Waals surface area contributed by atoms with Crippen LogP contribution in [0, 0.1) is 6.92 Å². The molecule has 3 rings (SSSR count). The van der Waals surface area contributed by atoms with Crippen LogP contribution in [-0.4, -0.2) is 0 Å². The Morgan fingerprint density at radius 1 is 1.15 bits per heavy atom. The van der Waals surface area contributed by atoms with Crippen LogP contribution >= 0.6 is 27.5 Å².